The molecule has 3 N–H and O–H groups in total. The van der Waals surface area contributed by atoms with Crippen LogP contribution in [0.4, 0.5) is 0 Å². The van der Waals surface area contributed by atoms with Crippen LogP contribution in [0, 0.1) is 0 Å². The van der Waals surface area contributed by atoms with E-state index in [-0.39, 0.29) is 0 Å². The lowest BCUT2D eigenvalue weighted by Crippen LogP contribution is -2.30. The molecule has 0 spiro atoms. The van der Waals surface area contributed by atoms with Crippen LogP contribution in [0.5, 0.6) is 0 Å². The van der Waals surface area contributed by atoms with Crippen LogP contribution in [0.25, 0.3) is 4.91 Å². The Morgan fingerprint density at radius 2 is 2.00 bits per heavy atom. The van der Waals surface area contributed by atoms with Crippen molar-refractivity contribution in [2.45, 2.75) is 0 Å². The highest BCUT2D eigenvalue weighted by Crippen LogP contribution is 2.30. The van der Waals surface area contributed by atoms with Crippen LogP contribution in [-0.2, 0) is 0 Å². The van der Waals surface area contributed by atoms with E-state index in [0.29, 0.717) is 0 Å². The molecule has 0 atom stereocenters. The molecule has 0 amide bonds. The van der Waals surface area contributed by atoms with Crippen molar-refractivity contribution in [1.29, 1.82) is 0 Å². The molecule has 1 aromatic carbocycles. The molecule has 0 saturated carbocycles. The predicted molar refractivity (Wildman–Crippen MR) is 51.2 cm³/mol. The van der Waals surface area contributed by atoms with Gasteiger partial charge in [-0.2, -0.15) is 0 Å². The fourth-order valence-corrected chi connectivity index (χ4v) is 1.68. The summed E-state index contributed by atoms with van der Waals surface area (Å²) in [7, 11) is 0. The Bertz CT molecular complexity index is 296. The molecule has 0 fully saturated rings. The van der Waals surface area contributed by atoms with Gasteiger partial charge in [0.2, 0.25) is 0 Å². The number of nitrogens with two attached hydrogens (primary N) is 1. The number of nitrogens with zero attached hydrogens (tertiary/aromatic N) is 1. The largest absolute Gasteiger partial charge is 0.302 e. The summed E-state index contributed by atoms with van der Waals surface area (Å²) < 4.78 is 1.47. The minimum absolute atomic E-state index is 1.14. The van der Waals surface area contributed by atoms with E-state index in [0.717, 1.165) is 4.91 Å². The molecule has 1 heterocycles. The third-order valence-corrected chi connectivity index (χ3v) is 2.43. The second-order valence-corrected chi connectivity index (χ2v) is 3.44. The zero-order valence-electron chi connectivity index (χ0n) is 6.40. The smallest absolute Gasteiger partial charge is 0.0506 e. The van der Waals surface area contributed by atoms with Crippen molar-refractivity contribution < 1.29 is 0 Å². The minimum atomic E-state index is 1.14. The first-order valence-electron chi connectivity index (χ1n) is 3.61. The van der Waals surface area contributed by atoms with E-state index in [2.05, 4.69) is 17.6 Å². The summed E-state index contributed by atoms with van der Waals surface area (Å²) in [5, 5.41) is 0. The Morgan fingerprint density at radius 1 is 1.25 bits per heavy atom. The van der Waals surface area contributed by atoms with Gasteiger partial charge in [0, 0.05) is 6.20 Å². The summed E-state index contributed by atoms with van der Waals surface area (Å²) in [6, 6.07) is 10.1. The maximum atomic E-state index is 5.50. The summed E-state index contributed by atoms with van der Waals surface area (Å²) in [5.74, 6) is 5.50. The molecule has 1 aliphatic rings. The van der Waals surface area contributed by atoms with E-state index in [1.807, 2.05) is 24.4 Å². The fourth-order valence-electron chi connectivity index (χ4n) is 1.02. The molecule has 2 rings (SSSR count). The Labute approximate surface area is 75.3 Å². The number of hydrazine groups is 2. The van der Waals surface area contributed by atoms with Crippen molar-refractivity contribution >= 4 is 16.9 Å². The number of benzene rings is 1. The van der Waals surface area contributed by atoms with Crippen molar-refractivity contribution in [3.05, 3.63) is 42.1 Å². The second-order valence-electron chi connectivity index (χ2n) is 2.42. The van der Waals surface area contributed by atoms with Crippen LogP contribution in [0.15, 0.2) is 36.5 Å². The summed E-state index contributed by atoms with van der Waals surface area (Å²) in [4.78, 5) is 1.14. The Morgan fingerprint density at radius 3 is 2.58 bits per heavy atom. The molecule has 0 bridgehead atoms. The van der Waals surface area contributed by atoms with Crippen molar-refractivity contribution in [3.63, 3.8) is 0 Å². The van der Waals surface area contributed by atoms with Crippen molar-refractivity contribution in [3.8, 4) is 0 Å². The SMILES string of the molecule is NN1NC=C(c2ccccc2)S1. The van der Waals surface area contributed by atoms with Gasteiger partial charge in [0.25, 0.3) is 0 Å². The van der Waals surface area contributed by atoms with Crippen molar-refractivity contribution in [1.82, 2.24) is 9.95 Å². The Balaban J connectivity index is 2.22. The third-order valence-electron chi connectivity index (χ3n) is 1.58. The number of rotatable bonds is 1. The highest BCUT2D eigenvalue weighted by Gasteiger charge is 2.11. The summed E-state index contributed by atoms with van der Waals surface area (Å²) >= 11 is 1.48. The van der Waals surface area contributed by atoms with Gasteiger partial charge in [0.05, 0.1) is 4.91 Å². The molecule has 0 aliphatic carbocycles. The summed E-state index contributed by atoms with van der Waals surface area (Å²) in [6.45, 7) is 0. The van der Waals surface area contributed by atoms with E-state index < -0.39 is 0 Å². The van der Waals surface area contributed by atoms with E-state index in [1.165, 1.54) is 22.0 Å². The van der Waals surface area contributed by atoms with Crippen LogP contribution in [0.1, 0.15) is 5.56 Å². The number of hydrogen-bond donors (Lipinski definition) is 2. The highest BCUT2D eigenvalue weighted by atomic mass is 32.2. The van der Waals surface area contributed by atoms with Gasteiger partial charge in [-0.3, -0.25) is 0 Å². The lowest BCUT2D eigenvalue weighted by atomic mass is 10.2. The van der Waals surface area contributed by atoms with Gasteiger partial charge in [0.1, 0.15) is 0 Å². The zero-order chi connectivity index (χ0) is 8.39. The normalized spacial score (nSPS) is 17.2. The molecule has 12 heavy (non-hydrogen) atoms. The van der Waals surface area contributed by atoms with Crippen molar-refractivity contribution in [2.75, 3.05) is 0 Å². The molecule has 0 unspecified atom stereocenters. The summed E-state index contributed by atoms with van der Waals surface area (Å²) in [5.41, 5.74) is 4.06. The van der Waals surface area contributed by atoms with Crippen LogP contribution in [0.3, 0.4) is 0 Å². The van der Waals surface area contributed by atoms with E-state index >= 15 is 0 Å². The molecule has 0 saturated heterocycles. The first kappa shape index (κ1) is 7.67. The molecule has 62 valence electrons. The van der Waals surface area contributed by atoms with Gasteiger partial charge < -0.3 is 5.43 Å². The molecule has 3 nitrogen and oxygen atoms in total. The third kappa shape index (κ3) is 1.45. The number of hydrogen-bond acceptors (Lipinski definition) is 4. The quantitative estimate of drug-likeness (QED) is 0.504. The fraction of sp³-hybridized carbons (Fsp3) is 0. The molecular weight excluding hydrogens is 170 g/mol. The topological polar surface area (TPSA) is 41.3 Å². The van der Waals surface area contributed by atoms with E-state index in [1.54, 1.807) is 0 Å². The maximum Gasteiger partial charge on any atom is 0.0506 e. The monoisotopic (exact) mass is 179 g/mol. The second kappa shape index (κ2) is 3.18. The molecule has 0 radical (unpaired) electrons. The standard InChI is InChI=1S/C8H9N3S/c9-11-10-6-8(12-11)7-4-2-1-3-5-7/h1-6,10H,9H2. The summed E-state index contributed by atoms with van der Waals surface area (Å²) in [6.07, 6.45) is 1.89. The van der Waals surface area contributed by atoms with Gasteiger partial charge in [-0.15, -0.1) is 0 Å². The lowest BCUT2D eigenvalue weighted by molar-refractivity contribution is 0.441. The average molecular weight is 179 g/mol. The Kier molecular flexibility index (Phi) is 2.03. The zero-order valence-corrected chi connectivity index (χ0v) is 7.21. The van der Waals surface area contributed by atoms with Gasteiger partial charge in [-0.05, 0) is 17.5 Å². The first-order chi connectivity index (χ1) is 5.86. The van der Waals surface area contributed by atoms with Crippen LogP contribution in [0.2, 0.25) is 0 Å². The van der Waals surface area contributed by atoms with Gasteiger partial charge in [-0.1, -0.05) is 34.9 Å². The van der Waals surface area contributed by atoms with Crippen LogP contribution in [-0.4, -0.2) is 4.52 Å². The van der Waals surface area contributed by atoms with E-state index in [4.69, 9.17) is 5.84 Å². The molecule has 1 aromatic rings. The van der Waals surface area contributed by atoms with Gasteiger partial charge in [0.15, 0.2) is 0 Å². The molecular formula is C8H9N3S. The van der Waals surface area contributed by atoms with Gasteiger partial charge in [-0.25, -0.2) is 5.84 Å². The van der Waals surface area contributed by atoms with Crippen LogP contribution < -0.4 is 11.3 Å². The average Bonchev–Trinajstić information content (AvgIpc) is 2.54. The van der Waals surface area contributed by atoms with Gasteiger partial charge >= 0.3 is 0 Å². The molecule has 4 heteroatoms. The Hall–Kier alpha value is -0.970. The minimum Gasteiger partial charge on any atom is -0.302 e. The van der Waals surface area contributed by atoms with Crippen LogP contribution >= 0.6 is 11.9 Å². The lowest BCUT2D eigenvalue weighted by Gasteiger charge is -2.05. The molecule has 0 aromatic heterocycles. The number of nitrogens with one attached hydrogen (secondary N) is 1. The predicted octanol–water partition coefficient (Wildman–Crippen LogP) is 1.33. The van der Waals surface area contributed by atoms with Crippen molar-refractivity contribution in [2.24, 2.45) is 5.84 Å². The maximum absolute atomic E-state index is 5.50. The highest BCUT2D eigenvalue weighted by molar-refractivity contribution is 8.06. The first-order valence-corrected chi connectivity index (χ1v) is 4.38. The molecule has 1 aliphatic heterocycles. The van der Waals surface area contributed by atoms with E-state index in [9.17, 15) is 0 Å².